The van der Waals surface area contributed by atoms with Crippen molar-refractivity contribution in [2.45, 2.75) is 61.6 Å². The van der Waals surface area contributed by atoms with Gasteiger partial charge in [0.25, 0.3) is 0 Å². The monoisotopic (exact) mass is 1490 g/mol. The number of rotatable bonds is 11. The zero-order valence-electron chi connectivity index (χ0n) is 63.7. The highest BCUT2D eigenvalue weighted by atomic mass is 28.4. The molecule has 0 aliphatic heterocycles. The van der Waals surface area contributed by atoms with E-state index in [-0.39, 0.29) is 0 Å². The van der Waals surface area contributed by atoms with Crippen LogP contribution in [0.15, 0.2) is 218 Å². The van der Waals surface area contributed by atoms with Crippen molar-refractivity contribution in [2.75, 3.05) is 7.11 Å². The van der Waals surface area contributed by atoms with Gasteiger partial charge in [0.15, 0.2) is 0 Å². The Hall–Kier alpha value is -12.8. The zero-order chi connectivity index (χ0) is 74.2. The Bertz CT molecular complexity index is 10100. The van der Waals surface area contributed by atoms with Crippen LogP contribution in [0.25, 0.3) is 259 Å². The van der Waals surface area contributed by atoms with Gasteiger partial charge in [-0.2, -0.15) is 0 Å². The molecule has 0 saturated carbocycles. The first kappa shape index (κ1) is 56.4. The number of benzene rings is 22. The molecule has 36 rings (SSSR count). The van der Waals surface area contributed by atoms with Crippen molar-refractivity contribution in [2.24, 2.45) is 0 Å². The SMILES string of the molecule is COc1ccc(C23C=CC4(O[Si](C)(C)c5ccccc5Cc5cc(C67C=CC8(O[Si](C)(C)c9ccccc9)c9ccc%10c%11ccc%12c%13ccc%14c%15ccc6c6c%16c7c8c7c9c%10c8c%11c%12c9c%13c%14c(c%156)c6c%16c7c8c96)ccc5C)c5ccc6c7ccc8c9ccc%10c%11ccc2c2c%12c3c4c3c5c6c4c7c8c5c9c%10c(c%112)c2c%12c3c4c52)cc1. The molecule has 526 valence electrons. The molecule has 0 fully saturated rings. The number of fused-ring (bicyclic) bond motifs is 10. The molecular weight excluding hydrogens is 1440 g/mol. The predicted molar refractivity (Wildman–Crippen MR) is 490 cm³/mol. The van der Waals surface area contributed by atoms with Gasteiger partial charge in [-0.3, -0.25) is 0 Å². The second kappa shape index (κ2) is 16.1. The maximum absolute atomic E-state index is 8.97. The van der Waals surface area contributed by atoms with Gasteiger partial charge in [0, 0.05) is 11.1 Å². The Morgan fingerprint density at radius 1 is 0.259 bits per heavy atom. The van der Waals surface area contributed by atoms with Gasteiger partial charge in [0.2, 0.25) is 16.6 Å². The summed E-state index contributed by atoms with van der Waals surface area (Å²) in [4.78, 5) is 0. The van der Waals surface area contributed by atoms with E-state index in [2.05, 4.69) is 252 Å². The third kappa shape index (κ3) is 4.77. The Labute approximate surface area is 659 Å². The van der Waals surface area contributed by atoms with Gasteiger partial charge >= 0.3 is 0 Å². The summed E-state index contributed by atoms with van der Waals surface area (Å²) in [5.41, 5.74) is 14.6. The van der Waals surface area contributed by atoms with Gasteiger partial charge in [0.05, 0.1) is 17.9 Å². The highest BCUT2D eigenvalue weighted by Crippen LogP contribution is 2.77. The van der Waals surface area contributed by atoms with Crippen molar-refractivity contribution in [3.63, 3.8) is 0 Å². The molecule has 0 heterocycles. The van der Waals surface area contributed by atoms with Crippen LogP contribution < -0.4 is 15.1 Å². The van der Waals surface area contributed by atoms with Crippen LogP contribution in [0.5, 0.6) is 5.75 Å². The summed E-state index contributed by atoms with van der Waals surface area (Å²) >= 11 is 0. The first-order chi connectivity index (χ1) is 56.9. The molecule has 4 unspecified atom stereocenters. The van der Waals surface area contributed by atoms with Crippen molar-refractivity contribution in [1.29, 1.82) is 0 Å². The van der Waals surface area contributed by atoms with Crippen molar-refractivity contribution >= 4 is 286 Å². The van der Waals surface area contributed by atoms with Crippen LogP contribution in [0.2, 0.25) is 26.2 Å². The smallest absolute Gasteiger partial charge is 0.220 e. The molecule has 3 nitrogen and oxygen atoms in total. The first-order valence-electron chi connectivity index (χ1n) is 42.0. The zero-order valence-corrected chi connectivity index (χ0v) is 65.7. The van der Waals surface area contributed by atoms with Gasteiger partial charge in [0.1, 0.15) is 17.0 Å². The molecule has 0 spiro atoms. The average molecular weight is 1490 g/mol. The minimum atomic E-state index is -3.10. The Balaban J connectivity index is 0.598. The van der Waals surface area contributed by atoms with E-state index < -0.39 is 38.7 Å². The van der Waals surface area contributed by atoms with Crippen LogP contribution in [0.4, 0.5) is 0 Å². The highest BCUT2D eigenvalue weighted by Gasteiger charge is 2.62. The lowest BCUT2D eigenvalue weighted by molar-refractivity contribution is 0.159. The largest absolute Gasteiger partial charge is 0.497 e. The highest BCUT2D eigenvalue weighted by molar-refractivity contribution is 6.85. The molecule has 6 aliphatic carbocycles. The second-order valence-corrected chi connectivity index (χ2v) is 45.9. The standard InChI is InChI=1S/C111H56O3Si2/c1-44-16-17-48(109-39-41-110(113-115(3,4)50-13-8-7-9-14-50)65-36-32-61-57-28-24-54-52-23-27-56-60-31-35-64(109)81-77(60)87-73(56)69(52)85-70(54)74(57)88-78(61)82(65)103-99-95(88)91(85)93(87)97(99)101(81)105(109)107(103)110)43-46(44)42-45-12-10-11-15-67(45)116(5,6)114-111-40-38-108(47-18-20-49(112-2)21-19-47)63-34-30-59-55-26-22-51-53-25-29-58-62-33-37-66(111)83-79(62)89-75(58)71(53)84-68(51)72(55)86-76(59)80(63)100-96-92(86)90(84)94(89)98(96)102(83)106(111)104(100)108/h7-41,43H,42H2,1-6H3. The van der Waals surface area contributed by atoms with E-state index in [9.17, 15) is 0 Å². The molecule has 30 aromatic rings. The summed E-state index contributed by atoms with van der Waals surface area (Å²) in [6, 6.07) is 78.0. The summed E-state index contributed by atoms with van der Waals surface area (Å²) in [6.07, 6.45) is 11.4. The predicted octanol–water partition coefficient (Wildman–Crippen LogP) is 27.0. The minimum Gasteiger partial charge on any atom is -0.497 e. The van der Waals surface area contributed by atoms with Crippen LogP contribution in [-0.2, 0) is 37.3 Å². The summed E-state index contributed by atoms with van der Waals surface area (Å²) in [5.74, 6) is 0.869. The number of aryl methyl sites for hydroxylation is 1. The van der Waals surface area contributed by atoms with E-state index in [1.54, 1.807) is 7.11 Å². The maximum Gasteiger partial charge on any atom is 0.220 e. The molecule has 5 heteroatoms. The molecule has 6 aliphatic rings. The first-order valence-corrected chi connectivity index (χ1v) is 47.9. The Kier molecular flexibility index (Phi) is 7.81. The van der Waals surface area contributed by atoms with Crippen LogP contribution >= 0.6 is 0 Å². The summed E-state index contributed by atoms with van der Waals surface area (Å²) in [6.45, 7) is 12.4. The fourth-order valence-corrected chi connectivity index (χ4v) is 35.3. The molecule has 0 radical (unpaired) electrons. The molecule has 0 bridgehead atoms. The topological polar surface area (TPSA) is 27.7 Å². The molecule has 0 saturated heterocycles. The van der Waals surface area contributed by atoms with Gasteiger partial charge in [-0.1, -0.05) is 194 Å². The van der Waals surface area contributed by atoms with Crippen molar-refractivity contribution in [3.05, 3.63) is 291 Å². The summed E-state index contributed by atoms with van der Waals surface area (Å²) in [5, 5.41) is 72.3. The van der Waals surface area contributed by atoms with Gasteiger partial charge in [-0.05, 0) is 394 Å². The van der Waals surface area contributed by atoms with Crippen molar-refractivity contribution < 1.29 is 13.6 Å². The number of allylic oxidation sites excluding steroid dienone is 2. The van der Waals surface area contributed by atoms with Crippen LogP contribution in [0.1, 0.15) is 72.3 Å². The third-order valence-electron chi connectivity index (χ3n) is 33.9. The molecule has 116 heavy (non-hydrogen) atoms. The van der Waals surface area contributed by atoms with E-state index in [0.717, 1.165) is 12.2 Å². The van der Waals surface area contributed by atoms with E-state index in [0.29, 0.717) is 0 Å². The maximum atomic E-state index is 8.97. The van der Waals surface area contributed by atoms with Gasteiger partial charge in [-0.15, -0.1) is 0 Å². The Morgan fingerprint density at radius 2 is 0.578 bits per heavy atom. The average Bonchev–Trinajstić information content (AvgIpc) is 1.43. The number of hydrogen-bond donors (Lipinski definition) is 0. The van der Waals surface area contributed by atoms with Gasteiger partial charge < -0.3 is 13.6 Å². The molecule has 0 aromatic heterocycles. The number of hydrogen-bond acceptors (Lipinski definition) is 3. The minimum absolute atomic E-state index is 0.616. The van der Waals surface area contributed by atoms with E-state index >= 15 is 0 Å². The normalized spacial score (nSPS) is 20.7. The van der Waals surface area contributed by atoms with Gasteiger partial charge in [-0.25, -0.2) is 0 Å². The summed E-state index contributed by atoms with van der Waals surface area (Å²) < 4.78 is 23.5. The van der Waals surface area contributed by atoms with E-state index in [4.69, 9.17) is 13.6 Å². The van der Waals surface area contributed by atoms with Crippen molar-refractivity contribution in [1.82, 2.24) is 0 Å². The fraction of sp³-hybridized carbons (Fsp3) is 0.0991. The lowest BCUT2D eigenvalue weighted by atomic mass is 9.64. The Morgan fingerprint density at radius 3 is 0.991 bits per heavy atom. The lowest BCUT2D eigenvalue weighted by Crippen LogP contribution is -2.53. The molecule has 4 atom stereocenters. The fourth-order valence-electron chi connectivity index (χ4n) is 30.5. The third-order valence-corrected chi connectivity index (χ3v) is 39.1. The molecular formula is C111H56O3Si2. The quantitative estimate of drug-likeness (QED) is 0.0734. The van der Waals surface area contributed by atoms with Crippen LogP contribution in [0.3, 0.4) is 0 Å². The molecule has 0 N–H and O–H groups in total. The van der Waals surface area contributed by atoms with Crippen LogP contribution in [0, 0.1) is 6.92 Å². The van der Waals surface area contributed by atoms with Crippen LogP contribution in [-0.4, -0.2) is 23.7 Å². The van der Waals surface area contributed by atoms with E-state index in [1.807, 2.05) is 0 Å². The lowest BCUT2D eigenvalue weighted by Gasteiger charge is -2.45. The second-order valence-electron chi connectivity index (χ2n) is 38.3. The molecule has 0 amide bonds. The van der Waals surface area contributed by atoms with E-state index in [1.165, 1.54) is 341 Å². The number of ether oxygens (including phenoxy) is 1. The molecule has 30 aromatic carbocycles. The summed E-state index contributed by atoms with van der Waals surface area (Å²) in [7, 11) is -4.03. The number of methoxy groups -OCH3 is 1. The van der Waals surface area contributed by atoms with Crippen molar-refractivity contribution in [3.8, 4) is 5.75 Å².